The Morgan fingerprint density at radius 1 is 1.22 bits per heavy atom. The highest BCUT2D eigenvalue weighted by atomic mass is 32.2. The molecule has 0 saturated carbocycles. The summed E-state index contributed by atoms with van der Waals surface area (Å²) >= 11 is -2.04. The van der Waals surface area contributed by atoms with Crippen molar-refractivity contribution in [3.05, 3.63) is 54.1 Å². The van der Waals surface area contributed by atoms with Crippen LogP contribution in [0.5, 0.6) is 5.75 Å². The summed E-state index contributed by atoms with van der Waals surface area (Å²) in [5.41, 5.74) is 1.66. The minimum atomic E-state index is -2.04. The number of hydrogen-bond acceptors (Lipinski definition) is 5. The summed E-state index contributed by atoms with van der Waals surface area (Å²) in [5.74, 6) is 1.20. The van der Waals surface area contributed by atoms with E-state index in [0.717, 1.165) is 11.3 Å². The molecule has 23 heavy (non-hydrogen) atoms. The predicted molar refractivity (Wildman–Crippen MR) is 84.4 cm³/mol. The van der Waals surface area contributed by atoms with Gasteiger partial charge in [0.05, 0.1) is 18.6 Å². The number of tetrazole rings is 1. The fraction of sp³-hybridized carbons (Fsp3) is 0.133. The van der Waals surface area contributed by atoms with Crippen molar-refractivity contribution in [3.63, 3.8) is 0 Å². The molecule has 1 N–H and O–H groups in total. The first-order valence-corrected chi connectivity index (χ1v) is 7.88. The lowest BCUT2D eigenvalue weighted by molar-refractivity contribution is 0.414. The normalized spacial score (nSPS) is 12.1. The second kappa shape index (κ2) is 6.67. The van der Waals surface area contributed by atoms with Gasteiger partial charge in [-0.2, -0.15) is 4.80 Å². The fourth-order valence-corrected chi connectivity index (χ4v) is 2.49. The van der Waals surface area contributed by atoms with Gasteiger partial charge in [0, 0.05) is 5.56 Å². The van der Waals surface area contributed by atoms with Crippen LogP contribution in [0.25, 0.3) is 11.4 Å². The van der Waals surface area contributed by atoms with E-state index in [1.165, 1.54) is 4.80 Å². The van der Waals surface area contributed by atoms with Gasteiger partial charge in [-0.3, -0.25) is 0 Å². The molecular formula is C15H14N4O3S. The van der Waals surface area contributed by atoms with Gasteiger partial charge in [-0.15, -0.1) is 10.2 Å². The Labute approximate surface area is 135 Å². The molecule has 118 valence electrons. The Kier molecular flexibility index (Phi) is 4.45. The van der Waals surface area contributed by atoms with Crippen LogP contribution in [0.1, 0.15) is 5.56 Å². The number of rotatable bonds is 5. The van der Waals surface area contributed by atoms with Crippen LogP contribution in [0.3, 0.4) is 0 Å². The molecule has 8 heteroatoms. The molecule has 1 aromatic heterocycles. The quantitative estimate of drug-likeness (QED) is 0.719. The molecule has 0 aliphatic rings. The molecule has 1 heterocycles. The van der Waals surface area contributed by atoms with Crippen LogP contribution in [0, 0.1) is 0 Å². The highest BCUT2D eigenvalue weighted by molar-refractivity contribution is 7.79. The Morgan fingerprint density at radius 2 is 2.00 bits per heavy atom. The van der Waals surface area contributed by atoms with Gasteiger partial charge in [-0.1, -0.05) is 24.3 Å². The summed E-state index contributed by atoms with van der Waals surface area (Å²) in [4.78, 5) is 1.77. The Bertz CT molecular complexity index is 833. The van der Waals surface area contributed by atoms with Gasteiger partial charge in [0.2, 0.25) is 5.82 Å². The van der Waals surface area contributed by atoms with Crippen LogP contribution in [0.2, 0.25) is 0 Å². The molecule has 1 atom stereocenters. The number of methoxy groups -OCH3 is 1. The molecule has 0 fully saturated rings. The highest BCUT2D eigenvalue weighted by Crippen LogP contribution is 2.17. The zero-order valence-corrected chi connectivity index (χ0v) is 13.1. The van der Waals surface area contributed by atoms with Crippen LogP contribution in [-0.4, -0.2) is 36.1 Å². The molecular weight excluding hydrogens is 316 g/mol. The highest BCUT2D eigenvalue weighted by Gasteiger charge is 2.09. The topological polar surface area (TPSA) is 90.1 Å². The predicted octanol–water partition coefficient (Wildman–Crippen LogP) is 1.98. The summed E-state index contributed by atoms with van der Waals surface area (Å²) in [6.07, 6.45) is 0. The van der Waals surface area contributed by atoms with Crippen molar-refractivity contribution in [2.75, 3.05) is 7.11 Å². The molecule has 7 nitrogen and oxygen atoms in total. The maximum absolute atomic E-state index is 11.1. The van der Waals surface area contributed by atoms with Crippen molar-refractivity contribution in [1.29, 1.82) is 0 Å². The second-order valence-corrected chi connectivity index (χ2v) is 5.74. The molecule has 0 spiro atoms. The molecule has 2 aromatic carbocycles. The van der Waals surface area contributed by atoms with E-state index < -0.39 is 11.1 Å². The van der Waals surface area contributed by atoms with Crippen LogP contribution in [-0.2, 0) is 17.6 Å². The van der Waals surface area contributed by atoms with Crippen molar-refractivity contribution in [1.82, 2.24) is 20.2 Å². The zero-order chi connectivity index (χ0) is 16.2. The lowest BCUT2D eigenvalue weighted by Gasteiger charge is -2.02. The smallest absolute Gasteiger partial charge is 0.204 e. The molecule has 0 saturated heterocycles. The summed E-state index contributed by atoms with van der Waals surface area (Å²) in [7, 11) is 1.62. The first-order chi connectivity index (χ1) is 11.2. The Hall–Kier alpha value is -2.58. The summed E-state index contributed by atoms with van der Waals surface area (Å²) in [6, 6.07) is 14.2. The van der Waals surface area contributed by atoms with Crippen molar-refractivity contribution in [2.24, 2.45) is 0 Å². The van der Waals surface area contributed by atoms with E-state index in [9.17, 15) is 4.21 Å². The van der Waals surface area contributed by atoms with Gasteiger partial charge in [-0.25, -0.2) is 4.21 Å². The largest absolute Gasteiger partial charge is 0.497 e. The van der Waals surface area contributed by atoms with Crippen LogP contribution in [0.15, 0.2) is 53.4 Å². The van der Waals surface area contributed by atoms with E-state index in [0.29, 0.717) is 22.8 Å². The maximum Gasteiger partial charge on any atom is 0.204 e. The molecule has 3 aromatic rings. The standard InChI is InChI=1S/C15H14N4O3S/c1-22-13-7-5-11(6-8-13)10-19-17-15(16-18-19)12-3-2-4-14(9-12)23(20)21/h2-9H,10H2,1H3,(H,20,21). The van der Waals surface area contributed by atoms with E-state index in [1.54, 1.807) is 31.4 Å². The van der Waals surface area contributed by atoms with E-state index in [2.05, 4.69) is 15.4 Å². The SMILES string of the molecule is COc1ccc(Cn2nnc(-c3cccc(S(=O)O)c3)n2)cc1. The van der Waals surface area contributed by atoms with Gasteiger partial charge in [0.25, 0.3) is 0 Å². The molecule has 0 aliphatic heterocycles. The Morgan fingerprint density at radius 3 is 2.70 bits per heavy atom. The maximum atomic E-state index is 11.1. The third-order valence-electron chi connectivity index (χ3n) is 3.23. The zero-order valence-electron chi connectivity index (χ0n) is 12.3. The van der Waals surface area contributed by atoms with Gasteiger partial charge >= 0.3 is 0 Å². The number of hydrogen-bond donors (Lipinski definition) is 1. The fourth-order valence-electron chi connectivity index (χ4n) is 2.06. The first kappa shape index (κ1) is 15.3. The van der Waals surface area contributed by atoms with E-state index >= 15 is 0 Å². The van der Waals surface area contributed by atoms with Crippen molar-refractivity contribution in [2.45, 2.75) is 11.4 Å². The monoisotopic (exact) mass is 330 g/mol. The van der Waals surface area contributed by atoms with E-state index in [1.807, 2.05) is 24.3 Å². The minimum Gasteiger partial charge on any atom is -0.497 e. The number of nitrogens with zero attached hydrogens (tertiary/aromatic N) is 4. The third kappa shape index (κ3) is 3.61. The molecule has 0 bridgehead atoms. The van der Waals surface area contributed by atoms with Crippen molar-refractivity contribution < 1.29 is 13.5 Å². The van der Waals surface area contributed by atoms with Crippen LogP contribution >= 0.6 is 0 Å². The van der Waals surface area contributed by atoms with Gasteiger partial charge in [0.1, 0.15) is 5.75 Å². The van der Waals surface area contributed by atoms with E-state index in [-0.39, 0.29) is 0 Å². The van der Waals surface area contributed by atoms with Crippen LogP contribution in [0.4, 0.5) is 0 Å². The lowest BCUT2D eigenvalue weighted by atomic mass is 10.2. The van der Waals surface area contributed by atoms with Gasteiger partial charge in [0.15, 0.2) is 11.1 Å². The van der Waals surface area contributed by atoms with Crippen molar-refractivity contribution >= 4 is 11.1 Å². The van der Waals surface area contributed by atoms with Gasteiger partial charge in [-0.05, 0) is 35.0 Å². The minimum absolute atomic E-state index is 0.300. The third-order valence-corrected chi connectivity index (χ3v) is 3.89. The van der Waals surface area contributed by atoms with E-state index in [4.69, 9.17) is 9.29 Å². The summed E-state index contributed by atoms with van der Waals surface area (Å²) < 4.78 is 25.4. The molecule has 0 radical (unpaired) electrons. The number of ether oxygens (including phenoxy) is 1. The summed E-state index contributed by atoms with van der Waals surface area (Å²) in [5, 5.41) is 12.3. The van der Waals surface area contributed by atoms with Crippen LogP contribution < -0.4 is 4.74 Å². The Balaban J connectivity index is 1.79. The first-order valence-electron chi connectivity index (χ1n) is 6.78. The lowest BCUT2D eigenvalue weighted by Crippen LogP contribution is -2.04. The number of aromatic nitrogens is 4. The average molecular weight is 330 g/mol. The molecule has 0 aliphatic carbocycles. The second-order valence-electron chi connectivity index (χ2n) is 4.77. The van der Waals surface area contributed by atoms with Crippen molar-refractivity contribution in [3.8, 4) is 17.1 Å². The molecule has 1 unspecified atom stereocenters. The van der Waals surface area contributed by atoms with Gasteiger partial charge < -0.3 is 9.29 Å². The molecule has 0 amide bonds. The molecule has 3 rings (SSSR count). The summed E-state index contributed by atoms with van der Waals surface area (Å²) in [6.45, 7) is 0.475. The number of benzene rings is 2. The average Bonchev–Trinajstić information content (AvgIpc) is 3.04.